The first-order chi connectivity index (χ1) is 7.20. The highest BCUT2D eigenvalue weighted by Gasteiger charge is 2.08. The molecule has 0 aliphatic carbocycles. The molecular weight excluding hydrogens is 197 g/mol. The van der Waals surface area contributed by atoms with Crippen LogP contribution in [0.25, 0.3) is 11.3 Å². The van der Waals surface area contributed by atoms with Crippen LogP contribution in [0.5, 0.6) is 5.75 Å². The van der Waals surface area contributed by atoms with Crippen LogP contribution in [0.1, 0.15) is 5.69 Å². The van der Waals surface area contributed by atoms with Crippen LogP contribution in [0.3, 0.4) is 0 Å². The maximum atomic E-state index is 13.4. The zero-order valence-electron chi connectivity index (χ0n) is 8.45. The smallest absolute Gasteiger partial charge is 0.167 e. The maximum Gasteiger partial charge on any atom is 0.167 e. The lowest BCUT2D eigenvalue weighted by molar-refractivity contribution is 0.386. The zero-order chi connectivity index (χ0) is 10.8. The van der Waals surface area contributed by atoms with E-state index in [4.69, 9.17) is 9.26 Å². The first-order valence-corrected chi connectivity index (χ1v) is 4.48. The van der Waals surface area contributed by atoms with E-state index in [1.54, 1.807) is 18.2 Å². The van der Waals surface area contributed by atoms with E-state index in [-0.39, 0.29) is 5.75 Å². The fourth-order valence-electron chi connectivity index (χ4n) is 1.32. The molecular formula is C11H10FNO2. The molecule has 15 heavy (non-hydrogen) atoms. The Bertz CT molecular complexity index is 479. The minimum atomic E-state index is -0.413. The van der Waals surface area contributed by atoms with Crippen LogP contribution in [0.2, 0.25) is 0 Å². The van der Waals surface area contributed by atoms with Gasteiger partial charge in [0.2, 0.25) is 0 Å². The summed E-state index contributed by atoms with van der Waals surface area (Å²) >= 11 is 0. The van der Waals surface area contributed by atoms with E-state index in [0.717, 1.165) is 5.69 Å². The Hall–Kier alpha value is -1.84. The molecule has 0 atom stereocenters. The Morgan fingerprint density at radius 2 is 2.13 bits per heavy atom. The molecule has 0 spiro atoms. The van der Waals surface area contributed by atoms with Crippen LogP contribution in [-0.4, -0.2) is 12.3 Å². The van der Waals surface area contributed by atoms with Gasteiger partial charge in [-0.05, 0) is 25.1 Å². The van der Waals surface area contributed by atoms with Crippen molar-refractivity contribution in [2.45, 2.75) is 6.92 Å². The summed E-state index contributed by atoms with van der Waals surface area (Å²) in [6, 6.07) is 6.39. The second-order valence-corrected chi connectivity index (χ2v) is 3.18. The molecule has 0 bridgehead atoms. The van der Waals surface area contributed by atoms with E-state index in [1.807, 2.05) is 6.92 Å². The van der Waals surface area contributed by atoms with Crippen molar-refractivity contribution in [3.8, 4) is 17.1 Å². The van der Waals surface area contributed by atoms with Crippen molar-refractivity contribution in [2.24, 2.45) is 0 Å². The molecule has 0 aliphatic heterocycles. The number of aryl methyl sites for hydroxylation is 1. The topological polar surface area (TPSA) is 35.3 Å². The third-order valence-corrected chi connectivity index (χ3v) is 2.06. The van der Waals surface area contributed by atoms with E-state index in [1.165, 1.54) is 13.2 Å². The molecule has 0 radical (unpaired) electrons. The molecule has 0 saturated heterocycles. The average molecular weight is 207 g/mol. The summed E-state index contributed by atoms with van der Waals surface area (Å²) in [5.74, 6) is 0.355. The largest absolute Gasteiger partial charge is 0.494 e. The van der Waals surface area contributed by atoms with Gasteiger partial charge in [0, 0.05) is 11.6 Å². The Morgan fingerprint density at radius 1 is 1.33 bits per heavy atom. The number of ether oxygens (including phenoxy) is 1. The van der Waals surface area contributed by atoms with Crippen LogP contribution in [0.4, 0.5) is 4.39 Å². The van der Waals surface area contributed by atoms with Crippen LogP contribution in [0.15, 0.2) is 28.8 Å². The number of methoxy groups -OCH3 is 1. The van der Waals surface area contributed by atoms with Crippen molar-refractivity contribution in [2.75, 3.05) is 7.11 Å². The van der Waals surface area contributed by atoms with Gasteiger partial charge in [0.1, 0.15) is 0 Å². The van der Waals surface area contributed by atoms with Crippen LogP contribution in [-0.2, 0) is 0 Å². The normalized spacial score (nSPS) is 10.3. The predicted octanol–water partition coefficient (Wildman–Crippen LogP) is 2.80. The van der Waals surface area contributed by atoms with E-state index < -0.39 is 5.82 Å². The summed E-state index contributed by atoms with van der Waals surface area (Å²) in [7, 11) is 1.43. The van der Waals surface area contributed by atoms with Crippen LogP contribution in [0, 0.1) is 12.7 Å². The van der Waals surface area contributed by atoms with Crippen molar-refractivity contribution in [3.05, 3.63) is 35.8 Å². The number of halogens is 1. The lowest BCUT2D eigenvalue weighted by atomic mass is 10.1. The van der Waals surface area contributed by atoms with Gasteiger partial charge in [-0.2, -0.15) is 0 Å². The lowest BCUT2D eigenvalue weighted by Gasteiger charge is -2.02. The third kappa shape index (κ3) is 1.83. The summed E-state index contributed by atoms with van der Waals surface area (Å²) in [5.41, 5.74) is 1.41. The molecule has 78 valence electrons. The summed E-state index contributed by atoms with van der Waals surface area (Å²) in [5, 5.41) is 3.74. The van der Waals surface area contributed by atoms with Crippen molar-refractivity contribution in [1.82, 2.24) is 5.16 Å². The quantitative estimate of drug-likeness (QED) is 0.759. The number of nitrogens with zero attached hydrogens (tertiary/aromatic N) is 1. The molecule has 0 N–H and O–H groups in total. The number of hydrogen-bond acceptors (Lipinski definition) is 3. The Balaban J connectivity index is 2.42. The minimum absolute atomic E-state index is 0.218. The molecule has 0 fully saturated rings. The van der Waals surface area contributed by atoms with Crippen LogP contribution < -0.4 is 4.74 Å². The van der Waals surface area contributed by atoms with Crippen molar-refractivity contribution < 1.29 is 13.7 Å². The van der Waals surface area contributed by atoms with Crippen molar-refractivity contribution in [1.29, 1.82) is 0 Å². The fourth-order valence-corrected chi connectivity index (χ4v) is 1.32. The van der Waals surface area contributed by atoms with Gasteiger partial charge in [-0.25, -0.2) is 4.39 Å². The molecule has 1 aromatic heterocycles. The van der Waals surface area contributed by atoms with E-state index >= 15 is 0 Å². The molecule has 1 heterocycles. The second-order valence-electron chi connectivity index (χ2n) is 3.18. The minimum Gasteiger partial charge on any atom is -0.494 e. The monoisotopic (exact) mass is 207 g/mol. The molecule has 2 rings (SSSR count). The van der Waals surface area contributed by atoms with Gasteiger partial charge >= 0.3 is 0 Å². The summed E-state index contributed by atoms with van der Waals surface area (Å²) in [6.07, 6.45) is 0. The third-order valence-electron chi connectivity index (χ3n) is 2.06. The number of hydrogen-bond donors (Lipinski definition) is 0. The molecule has 2 aromatic rings. The Labute approximate surface area is 86.5 Å². The van der Waals surface area contributed by atoms with Crippen LogP contribution >= 0.6 is 0 Å². The Kier molecular flexibility index (Phi) is 2.41. The van der Waals surface area contributed by atoms with Gasteiger partial charge in [0.05, 0.1) is 12.8 Å². The van der Waals surface area contributed by atoms with Gasteiger partial charge in [-0.3, -0.25) is 0 Å². The lowest BCUT2D eigenvalue weighted by Crippen LogP contribution is -1.87. The molecule has 0 aliphatic rings. The molecule has 1 aromatic carbocycles. The number of rotatable bonds is 2. The first-order valence-electron chi connectivity index (χ1n) is 4.48. The van der Waals surface area contributed by atoms with Gasteiger partial charge in [-0.1, -0.05) is 5.16 Å². The fraction of sp³-hybridized carbons (Fsp3) is 0.182. The molecule has 4 heteroatoms. The molecule has 0 saturated carbocycles. The summed E-state index contributed by atoms with van der Waals surface area (Å²) in [6.45, 7) is 1.81. The molecule has 0 unspecified atom stereocenters. The zero-order valence-corrected chi connectivity index (χ0v) is 8.45. The summed E-state index contributed by atoms with van der Waals surface area (Å²) in [4.78, 5) is 0. The van der Waals surface area contributed by atoms with Gasteiger partial charge < -0.3 is 9.26 Å². The number of benzene rings is 1. The highest BCUT2D eigenvalue weighted by Crippen LogP contribution is 2.25. The summed E-state index contributed by atoms with van der Waals surface area (Å²) < 4.78 is 23.2. The molecule has 0 amide bonds. The number of aromatic nitrogens is 1. The Morgan fingerprint density at radius 3 is 2.67 bits per heavy atom. The standard InChI is InChI=1S/C11H10FNO2/c1-7-5-11(15-13-7)8-3-4-10(14-2)9(12)6-8/h3-6H,1-2H3. The van der Waals surface area contributed by atoms with E-state index in [0.29, 0.717) is 11.3 Å². The predicted molar refractivity (Wildman–Crippen MR) is 53.2 cm³/mol. The van der Waals surface area contributed by atoms with Crippen molar-refractivity contribution in [3.63, 3.8) is 0 Å². The van der Waals surface area contributed by atoms with Gasteiger partial charge in [-0.15, -0.1) is 0 Å². The average Bonchev–Trinajstić information content (AvgIpc) is 2.65. The molecule has 3 nitrogen and oxygen atoms in total. The highest BCUT2D eigenvalue weighted by atomic mass is 19.1. The first kappa shape index (κ1) is 9.71. The second kappa shape index (κ2) is 3.73. The maximum absolute atomic E-state index is 13.4. The van der Waals surface area contributed by atoms with E-state index in [9.17, 15) is 4.39 Å². The highest BCUT2D eigenvalue weighted by molar-refractivity contribution is 5.58. The van der Waals surface area contributed by atoms with Gasteiger partial charge in [0.15, 0.2) is 17.3 Å². The van der Waals surface area contributed by atoms with Crippen molar-refractivity contribution >= 4 is 0 Å². The van der Waals surface area contributed by atoms with Gasteiger partial charge in [0.25, 0.3) is 0 Å². The van der Waals surface area contributed by atoms with E-state index in [2.05, 4.69) is 5.16 Å². The SMILES string of the molecule is COc1ccc(-c2cc(C)no2)cc1F.